The van der Waals surface area contributed by atoms with Crippen LogP contribution in [0.1, 0.15) is 0 Å². The average Bonchev–Trinajstić information content (AvgIpc) is 2.29. The molecule has 0 spiro atoms. The highest BCUT2D eigenvalue weighted by Gasteiger charge is 2.12. The quantitative estimate of drug-likeness (QED) is 0.565. The van der Waals surface area contributed by atoms with Crippen molar-refractivity contribution in [1.82, 2.24) is 9.71 Å². The highest BCUT2D eigenvalue weighted by Crippen LogP contribution is 2.04. The zero-order chi connectivity index (χ0) is 12.7. The fourth-order valence-electron chi connectivity index (χ4n) is 1.03. The Morgan fingerprint density at radius 3 is 2.82 bits per heavy atom. The molecule has 0 saturated carbocycles. The van der Waals surface area contributed by atoms with Crippen molar-refractivity contribution in [3.63, 3.8) is 0 Å². The molecule has 1 rings (SSSR count). The topological polar surface area (TPSA) is 79.0 Å². The van der Waals surface area contributed by atoms with E-state index in [1.807, 2.05) is 0 Å². The van der Waals surface area contributed by atoms with Crippen LogP contribution < -0.4 is 10.3 Å². The molecule has 92 valence electrons. The molecule has 0 aromatic carbocycles. The van der Waals surface area contributed by atoms with Gasteiger partial charge in [-0.2, -0.15) is 0 Å². The molecule has 0 unspecified atom stereocenters. The molecule has 0 radical (unpaired) electrons. The summed E-state index contributed by atoms with van der Waals surface area (Å²) in [5.74, 6) is 3.61. The molecule has 0 aliphatic heterocycles. The van der Waals surface area contributed by atoms with Crippen LogP contribution in [0.2, 0.25) is 0 Å². The Kier molecular flexibility index (Phi) is 5.28. The third-order valence-corrected chi connectivity index (χ3v) is 4.11. The van der Waals surface area contributed by atoms with Crippen molar-refractivity contribution in [2.45, 2.75) is 4.90 Å². The van der Waals surface area contributed by atoms with Gasteiger partial charge in [0.25, 0.3) is 0 Å². The molecule has 0 fully saturated rings. The summed E-state index contributed by atoms with van der Waals surface area (Å²) in [6, 6.07) is 2.43. The number of pyridine rings is 1. The van der Waals surface area contributed by atoms with Crippen LogP contribution in [0.15, 0.2) is 28.0 Å². The first-order valence-corrected chi connectivity index (χ1v) is 7.39. The van der Waals surface area contributed by atoms with Gasteiger partial charge in [-0.25, -0.2) is 13.1 Å². The van der Waals surface area contributed by atoms with Gasteiger partial charge in [0.1, 0.15) is 0 Å². The fourth-order valence-corrected chi connectivity index (χ4v) is 2.66. The van der Waals surface area contributed by atoms with Crippen molar-refractivity contribution in [1.29, 1.82) is 0 Å². The molecule has 0 atom stereocenters. The van der Waals surface area contributed by atoms with Crippen LogP contribution in [-0.2, 0) is 10.0 Å². The number of sulfonamides is 1. The molecule has 17 heavy (non-hydrogen) atoms. The molecule has 0 bridgehead atoms. The van der Waals surface area contributed by atoms with Gasteiger partial charge in [0.05, 0.1) is 10.6 Å². The van der Waals surface area contributed by atoms with Crippen molar-refractivity contribution < 1.29 is 8.42 Å². The highest BCUT2D eigenvalue weighted by atomic mass is 32.2. The molecule has 1 heterocycles. The van der Waals surface area contributed by atoms with E-state index in [1.54, 1.807) is 0 Å². The summed E-state index contributed by atoms with van der Waals surface area (Å²) >= 11 is 1.47. The molecule has 1 aromatic heterocycles. The molecule has 7 heteroatoms. The number of aromatic amines is 1. The number of hydrogen-bond acceptors (Lipinski definition) is 4. The standard InChI is InChI=1S/C10H12N2O3S2/c1-2-6-16-7-5-12-17(14,15)9-3-4-10(13)11-8-9/h1,3-4,8,12H,5-7H2,(H,11,13). The highest BCUT2D eigenvalue weighted by molar-refractivity contribution is 7.99. The molecular formula is C10H12N2O3S2. The van der Waals surface area contributed by atoms with Crippen LogP contribution in [0.3, 0.4) is 0 Å². The lowest BCUT2D eigenvalue weighted by Gasteiger charge is -2.05. The van der Waals surface area contributed by atoms with Gasteiger partial charge in [-0.1, -0.05) is 5.92 Å². The number of H-pyrrole nitrogens is 1. The Morgan fingerprint density at radius 1 is 1.47 bits per heavy atom. The van der Waals surface area contributed by atoms with E-state index in [0.29, 0.717) is 18.1 Å². The summed E-state index contributed by atoms with van der Waals surface area (Å²) in [6.07, 6.45) is 6.22. The second kappa shape index (κ2) is 6.49. The van der Waals surface area contributed by atoms with Gasteiger partial charge in [-0.3, -0.25) is 4.79 Å². The van der Waals surface area contributed by atoms with Crippen molar-refractivity contribution >= 4 is 21.8 Å². The van der Waals surface area contributed by atoms with Crippen LogP contribution >= 0.6 is 11.8 Å². The number of hydrogen-bond donors (Lipinski definition) is 2. The Hall–Kier alpha value is -1.23. The van der Waals surface area contributed by atoms with E-state index in [-0.39, 0.29) is 10.5 Å². The van der Waals surface area contributed by atoms with Gasteiger partial charge in [0.15, 0.2) is 0 Å². The van der Waals surface area contributed by atoms with Crippen LogP contribution in [0, 0.1) is 12.3 Å². The predicted octanol–water partition coefficient (Wildman–Crippen LogP) is 0.0196. The lowest BCUT2D eigenvalue weighted by molar-refractivity contribution is 0.583. The third-order valence-electron chi connectivity index (χ3n) is 1.79. The van der Waals surface area contributed by atoms with E-state index in [1.165, 1.54) is 30.1 Å². The van der Waals surface area contributed by atoms with Gasteiger partial charge in [-0.15, -0.1) is 18.2 Å². The Balaban J connectivity index is 2.55. The number of thioether (sulfide) groups is 1. The molecule has 2 N–H and O–H groups in total. The maximum Gasteiger partial charge on any atom is 0.247 e. The number of rotatable bonds is 6. The van der Waals surface area contributed by atoms with Crippen molar-refractivity contribution in [3.05, 3.63) is 28.7 Å². The molecule has 0 aliphatic carbocycles. The molecular weight excluding hydrogens is 260 g/mol. The van der Waals surface area contributed by atoms with Gasteiger partial charge in [0, 0.05) is 24.6 Å². The van der Waals surface area contributed by atoms with E-state index in [2.05, 4.69) is 15.6 Å². The second-order valence-electron chi connectivity index (χ2n) is 3.04. The average molecular weight is 272 g/mol. The molecule has 0 saturated heterocycles. The monoisotopic (exact) mass is 272 g/mol. The largest absolute Gasteiger partial charge is 0.328 e. The molecule has 0 amide bonds. The normalized spacial score (nSPS) is 11.0. The van der Waals surface area contributed by atoms with Crippen LogP contribution in [0.4, 0.5) is 0 Å². The van der Waals surface area contributed by atoms with E-state index in [4.69, 9.17) is 6.42 Å². The van der Waals surface area contributed by atoms with Gasteiger partial charge in [-0.05, 0) is 6.07 Å². The first-order valence-electron chi connectivity index (χ1n) is 4.76. The second-order valence-corrected chi connectivity index (χ2v) is 5.92. The SMILES string of the molecule is C#CCSCCNS(=O)(=O)c1ccc(=O)[nH]c1. The van der Waals surface area contributed by atoms with Gasteiger partial charge < -0.3 is 4.98 Å². The zero-order valence-electron chi connectivity index (χ0n) is 8.97. The minimum atomic E-state index is -3.55. The van der Waals surface area contributed by atoms with Crippen molar-refractivity contribution in [3.8, 4) is 12.3 Å². The minimum absolute atomic E-state index is 0.0408. The summed E-state index contributed by atoms with van der Waals surface area (Å²) in [7, 11) is -3.55. The lowest BCUT2D eigenvalue weighted by Crippen LogP contribution is -2.26. The maximum absolute atomic E-state index is 11.7. The number of aromatic nitrogens is 1. The van der Waals surface area contributed by atoms with Gasteiger partial charge >= 0.3 is 0 Å². The van der Waals surface area contributed by atoms with E-state index in [0.717, 1.165) is 0 Å². The van der Waals surface area contributed by atoms with E-state index < -0.39 is 10.0 Å². The Labute approximate surface area is 104 Å². The zero-order valence-corrected chi connectivity index (χ0v) is 10.6. The molecule has 5 nitrogen and oxygen atoms in total. The van der Waals surface area contributed by atoms with Crippen molar-refractivity contribution in [2.24, 2.45) is 0 Å². The summed E-state index contributed by atoms with van der Waals surface area (Å²) in [5, 5.41) is 0. The van der Waals surface area contributed by atoms with Crippen LogP contribution in [0.5, 0.6) is 0 Å². The fraction of sp³-hybridized carbons (Fsp3) is 0.300. The summed E-state index contributed by atoms with van der Waals surface area (Å²) < 4.78 is 25.8. The first-order chi connectivity index (χ1) is 8.06. The predicted molar refractivity (Wildman–Crippen MR) is 68.4 cm³/mol. The molecule has 1 aromatic rings. The number of nitrogens with one attached hydrogen (secondary N) is 2. The lowest BCUT2D eigenvalue weighted by atomic mass is 10.5. The van der Waals surface area contributed by atoms with Crippen molar-refractivity contribution in [2.75, 3.05) is 18.1 Å². The first kappa shape index (κ1) is 13.8. The molecule has 0 aliphatic rings. The summed E-state index contributed by atoms with van der Waals surface area (Å²) in [6.45, 7) is 0.299. The van der Waals surface area contributed by atoms with Crippen LogP contribution in [0.25, 0.3) is 0 Å². The maximum atomic E-state index is 11.7. The Morgan fingerprint density at radius 2 is 2.24 bits per heavy atom. The third kappa shape index (κ3) is 4.65. The minimum Gasteiger partial charge on any atom is -0.328 e. The summed E-state index contributed by atoms with van der Waals surface area (Å²) in [5.41, 5.74) is -0.339. The smallest absolute Gasteiger partial charge is 0.247 e. The van der Waals surface area contributed by atoms with E-state index in [9.17, 15) is 13.2 Å². The summed E-state index contributed by atoms with van der Waals surface area (Å²) in [4.78, 5) is 13.1. The van der Waals surface area contributed by atoms with Crippen LogP contribution in [-0.4, -0.2) is 31.5 Å². The van der Waals surface area contributed by atoms with Gasteiger partial charge in [0.2, 0.25) is 15.6 Å². The Bertz CT molecular complexity index is 537. The van der Waals surface area contributed by atoms with E-state index >= 15 is 0 Å². The number of terminal acetylenes is 1.